The zero-order valence-electron chi connectivity index (χ0n) is 17.5. The van der Waals surface area contributed by atoms with E-state index in [-0.39, 0.29) is 11.9 Å². The number of carbonyl (C=O) groups excluding carboxylic acids is 1. The van der Waals surface area contributed by atoms with Gasteiger partial charge in [-0.05, 0) is 67.7 Å². The van der Waals surface area contributed by atoms with Crippen molar-refractivity contribution in [3.05, 3.63) is 59.2 Å². The third-order valence-corrected chi connectivity index (χ3v) is 6.24. The molecule has 0 saturated carbocycles. The topological polar surface area (TPSA) is 44.8 Å². The van der Waals surface area contributed by atoms with Crippen molar-refractivity contribution < 1.29 is 9.53 Å². The number of anilines is 1. The molecular formula is C24H31N3O2. The molecule has 0 aromatic heterocycles. The summed E-state index contributed by atoms with van der Waals surface area (Å²) in [6.45, 7) is 3.89. The Bertz CT molecular complexity index is 861. The Morgan fingerprint density at radius 1 is 1.10 bits per heavy atom. The van der Waals surface area contributed by atoms with E-state index < -0.39 is 0 Å². The molecule has 0 spiro atoms. The maximum atomic E-state index is 12.8. The summed E-state index contributed by atoms with van der Waals surface area (Å²) in [4.78, 5) is 17.6. The summed E-state index contributed by atoms with van der Waals surface area (Å²) >= 11 is 0. The maximum absolute atomic E-state index is 12.8. The van der Waals surface area contributed by atoms with Gasteiger partial charge in [0.2, 0.25) is 0 Å². The molecule has 2 heterocycles. The second-order valence-electron chi connectivity index (χ2n) is 8.11. The SMILES string of the molecule is COc1cccc(C(=O)NCC(c2ccc3c(c2)CCN3C)N2CCCCC2)c1. The monoisotopic (exact) mass is 393 g/mol. The Morgan fingerprint density at radius 3 is 2.72 bits per heavy atom. The summed E-state index contributed by atoms with van der Waals surface area (Å²) < 4.78 is 5.25. The number of hydrogen-bond acceptors (Lipinski definition) is 4. The third kappa shape index (κ3) is 4.40. The number of likely N-dealkylation sites (N-methyl/N-ethyl adjacent to an activating group) is 1. The van der Waals surface area contributed by atoms with Gasteiger partial charge in [-0.25, -0.2) is 0 Å². The molecule has 5 heteroatoms. The van der Waals surface area contributed by atoms with Crippen LogP contribution in [0.2, 0.25) is 0 Å². The molecule has 154 valence electrons. The van der Waals surface area contributed by atoms with Crippen LogP contribution >= 0.6 is 0 Å². The highest BCUT2D eigenvalue weighted by Crippen LogP contribution is 2.32. The number of likely N-dealkylation sites (tertiary alicyclic amines) is 1. The number of nitrogens with zero attached hydrogens (tertiary/aromatic N) is 2. The standard InChI is InChI=1S/C24H31N3O2/c1-26-14-11-19-15-18(9-10-22(19)26)23(27-12-4-3-5-13-27)17-25-24(28)20-7-6-8-21(16-20)29-2/h6-10,15-16,23H,3-5,11-14,17H2,1-2H3,(H,25,28). The molecule has 0 radical (unpaired) electrons. The predicted molar refractivity (Wildman–Crippen MR) is 117 cm³/mol. The molecular weight excluding hydrogens is 362 g/mol. The van der Waals surface area contributed by atoms with Crippen LogP contribution in [-0.2, 0) is 6.42 Å². The van der Waals surface area contributed by atoms with Crippen molar-refractivity contribution in [3.63, 3.8) is 0 Å². The molecule has 1 unspecified atom stereocenters. The van der Waals surface area contributed by atoms with E-state index in [2.05, 4.69) is 40.4 Å². The summed E-state index contributed by atoms with van der Waals surface area (Å²) in [6, 6.07) is 14.4. The van der Waals surface area contributed by atoms with Gasteiger partial charge in [0.05, 0.1) is 13.2 Å². The lowest BCUT2D eigenvalue weighted by Crippen LogP contribution is -2.40. The van der Waals surface area contributed by atoms with E-state index in [1.807, 2.05) is 18.2 Å². The lowest BCUT2D eigenvalue weighted by Gasteiger charge is -2.35. The van der Waals surface area contributed by atoms with Crippen LogP contribution in [0.25, 0.3) is 0 Å². The molecule has 1 fully saturated rings. The highest BCUT2D eigenvalue weighted by atomic mass is 16.5. The number of amides is 1. The molecule has 0 aliphatic carbocycles. The van der Waals surface area contributed by atoms with Crippen LogP contribution in [0, 0.1) is 0 Å². The summed E-state index contributed by atoms with van der Waals surface area (Å²) in [7, 11) is 3.77. The number of nitrogens with one attached hydrogen (secondary N) is 1. The van der Waals surface area contributed by atoms with E-state index in [1.54, 1.807) is 13.2 Å². The lowest BCUT2D eigenvalue weighted by atomic mass is 9.98. The van der Waals surface area contributed by atoms with Gasteiger partial charge < -0.3 is 15.0 Å². The zero-order valence-corrected chi connectivity index (χ0v) is 17.5. The van der Waals surface area contributed by atoms with Crippen molar-refractivity contribution >= 4 is 11.6 Å². The maximum Gasteiger partial charge on any atom is 0.251 e. The molecule has 2 aromatic carbocycles. The van der Waals surface area contributed by atoms with Crippen LogP contribution < -0.4 is 15.0 Å². The largest absolute Gasteiger partial charge is 0.497 e. The highest BCUT2D eigenvalue weighted by molar-refractivity contribution is 5.94. The van der Waals surface area contributed by atoms with Crippen molar-refractivity contribution in [2.75, 3.05) is 45.2 Å². The lowest BCUT2D eigenvalue weighted by molar-refractivity contribution is 0.0924. The summed E-state index contributed by atoms with van der Waals surface area (Å²) in [5.41, 5.74) is 4.71. The number of rotatable bonds is 6. The molecule has 1 amide bonds. The average Bonchev–Trinajstić information content (AvgIpc) is 3.14. The minimum atomic E-state index is -0.0493. The van der Waals surface area contributed by atoms with E-state index in [1.165, 1.54) is 36.1 Å². The van der Waals surface area contributed by atoms with E-state index in [0.717, 1.165) is 26.1 Å². The average molecular weight is 394 g/mol. The van der Waals surface area contributed by atoms with Crippen molar-refractivity contribution in [3.8, 4) is 5.75 Å². The first-order valence-corrected chi connectivity index (χ1v) is 10.7. The molecule has 2 aliphatic heterocycles. The molecule has 2 aromatic rings. The smallest absolute Gasteiger partial charge is 0.251 e. The summed E-state index contributed by atoms with van der Waals surface area (Å²) in [5.74, 6) is 0.653. The Hall–Kier alpha value is -2.53. The quantitative estimate of drug-likeness (QED) is 0.814. The van der Waals surface area contributed by atoms with Crippen LogP contribution in [0.15, 0.2) is 42.5 Å². The van der Waals surface area contributed by atoms with Crippen molar-refractivity contribution in [1.82, 2.24) is 10.2 Å². The number of methoxy groups -OCH3 is 1. The van der Waals surface area contributed by atoms with Gasteiger partial charge >= 0.3 is 0 Å². The Kier molecular flexibility index (Phi) is 6.05. The number of hydrogen-bond donors (Lipinski definition) is 1. The number of benzene rings is 2. The number of carbonyl (C=O) groups is 1. The molecule has 1 N–H and O–H groups in total. The molecule has 2 aliphatic rings. The van der Waals surface area contributed by atoms with Crippen molar-refractivity contribution in [2.24, 2.45) is 0 Å². The Morgan fingerprint density at radius 2 is 1.93 bits per heavy atom. The number of piperidine rings is 1. The fourth-order valence-electron chi connectivity index (χ4n) is 4.54. The fourth-order valence-corrected chi connectivity index (χ4v) is 4.54. The van der Waals surface area contributed by atoms with Crippen molar-refractivity contribution in [2.45, 2.75) is 31.7 Å². The van der Waals surface area contributed by atoms with Gasteiger partial charge in [0.15, 0.2) is 0 Å². The van der Waals surface area contributed by atoms with Crippen LogP contribution in [0.3, 0.4) is 0 Å². The van der Waals surface area contributed by atoms with Crippen molar-refractivity contribution in [1.29, 1.82) is 0 Å². The van der Waals surface area contributed by atoms with Gasteiger partial charge in [0, 0.05) is 31.4 Å². The second-order valence-corrected chi connectivity index (χ2v) is 8.11. The van der Waals surface area contributed by atoms with Gasteiger partial charge in [0.25, 0.3) is 5.91 Å². The first-order chi connectivity index (χ1) is 14.2. The predicted octanol–water partition coefficient (Wildman–Crippen LogP) is 3.64. The van der Waals surface area contributed by atoms with E-state index in [4.69, 9.17) is 4.74 Å². The van der Waals surface area contributed by atoms with Gasteiger partial charge in [0.1, 0.15) is 5.75 Å². The van der Waals surface area contributed by atoms with Crippen LogP contribution in [0.5, 0.6) is 5.75 Å². The Labute approximate surface area is 173 Å². The summed E-state index contributed by atoms with van der Waals surface area (Å²) in [6.07, 6.45) is 4.86. The summed E-state index contributed by atoms with van der Waals surface area (Å²) in [5, 5.41) is 3.18. The molecule has 0 bridgehead atoms. The van der Waals surface area contributed by atoms with E-state index >= 15 is 0 Å². The second kappa shape index (κ2) is 8.87. The van der Waals surface area contributed by atoms with E-state index in [0.29, 0.717) is 17.9 Å². The minimum Gasteiger partial charge on any atom is -0.497 e. The normalized spacial score (nSPS) is 17.7. The van der Waals surface area contributed by atoms with Crippen LogP contribution in [-0.4, -0.2) is 51.1 Å². The van der Waals surface area contributed by atoms with E-state index in [9.17, 15) is 4.79 Å². The highest BCUT2D eigenvalue weighted by Gasteiger charge is 2.25. The van der Waals surface area contributed by atoms with Crippen LogP contribution in [0.1, 0.15) is 46.8 Å². The fraction of sp³-hybridized carbons (Fsp3) is 0.458. The molecule has 1 atom stereocenters. The third-order valence-electron chi connectivity index (χ3n) is 6.24. The Balaban J connectivity index is 1.52. The molecule has 1 saturated heterocycles. The van der Waals surface area contributed by atoms with Gasteiger partial charge in [-0.15, -0.1) is 0 Å². The molecule has 4 rings (SSSR count). The zero-order chi connectivity index (χ0) is 20.2. The van der Waals surface area contributed by atoms with Crippen LogP contribution in [0.4, 0.5) is 5.69 Å². The minimum absolute atomic E-state index is 0.0493. The van der Waals surface area contributed by atoms with Gasteiger partial charge in [-0.1, -0.05) is 24.6 Å². The molecule has 29 heavy (non-hydrogen) atoms. The first kappa shape index (κ1) is 19.8. The van der Waals surface area contributed by atoms with Gasteiger partial charge in [-0.2, -0.15) is 0 Å². The molecule has 5 nitrogen and oxygen atoms in total. The number of ether oxygens (including phenoxy) is 1. The van der Waals surface area contributed by atoms with Gasteiger partial charge in [-0.3, -0.25) is 9.69 Å². The first-order valence-electron chi connectivity index (χ1n) is 10.7. The number of fused-ring (bicyclic) bond motifs is 1.